The van der Waals surface area contributed by atoms with Gasteiger partial charge in [0.05, 0.1) is 4.47 Å². The van der Waals surface area contributed by atoms with E-state index in [4.69, 9.17) is 4.74 Å². The number of rotatable bonds is 6. The zero-order valence-electron chi connectivity index (χ0n) is 12.0. The number of nitrogens with two attached hydrogens (primary N) is 1. The molecule has 0 radical (unpaired) electrons. The molecule has 0 spiro atoms. The van der Waals surface area contributed by atoms with E-state index in [9.17, 15) is 0 Å². The monoisotopic (exact) mass is 334 g/mol. The summed E-state index contributed by atoms with van der Waals surface area (Å²) >= 11 is 3.57. The maximum atomic E-state index is 5.88. The van der Waals surface area contributed by atoms with Crippen LogP contribution < -0.4 is 10.1 Å². The molecule has 0 aromatic heterocycles. The van der Waals surface area contributed by atoms with Crippen molar-refractivity contribution in [2.45, 2.75) is 20.4 Å². The Labute approximate surface area is 129 Å². The standard InChI is InChI=1S/C17H20BrNO/c1-13-10-14(2)17(16(18)11-13)20-9-8-19-12-15-6-4-3-5-7-15/h3-7,10-11,19H,8-9,12H2,1-2H3/p+1. The normalized spacial score (nSPS) is 10.6. The summed E-state index contributed by atoms with van der Waals surface area (Å²) in [7, 11) is 0. The average Bonchev–Trinajstić information content (AvgIpc) is 2.42. The van der Waals surface area contributed by atoms with Gasteiger partial charge in [-0.15, -0.1) is 0 Å². The lowest BCUT2D eigenvalue weighted by Gasteiger charge is -2.11. The largest absolute Gasteiger partial charge is 0.486 e. The minimum absolute atomic E-state index is 0.718. The average molecular weight is 335 g/mol. The van der Waals surface area contributed by atoms with Gasteiger partial charge < -0.3 is 10.1 Å². The lowest BCUT2D eigenvalue weighted by atomic mass is 10.1. The fourth-order valence-electron chi connectivity index (χ4n) is 2.21. The lowest BCUT2D eigenvalue weighted by molar-refractivity contribution is -0.671. The maximum Gasteiger partial charge on any atom is 0.137 e. The Balaban J connectivity index is 1.76. The summed E-state index contributed by atoms with van der Waals surface area (Å²) < 4.78 is 6.92. The third-order valence-electron chi connectivity index (χ3n) is 3.16. The summed E-state index contributed by atoms with van der Waals surface area (Å²) in [5, 5.41) is 2.27. The first-order chi connectivity index (χ1) is 9.66. The van der Waals surface area contributed by atoms with Crippen molar-refractivity contribution in [1.29, 1.82) is 0 Å². The van der Waals surface area contributed by atoms with Crippen LogP contribution in [0.1, 0.15) is 16.7 Å². The zero-order valence-corrected chi connectivity index (χ0v) is 13.6. The molecule has 0 saturated heterocycles. The smallest absolute Gasteiger partial charge is 0.137 e. The number of benzene rings is 2. The van der Waals surface area contributed by atoms with Gasteiger partial charge in [0.2, 0.25) is 0 Å². The van der Waals surface area contributed by atoms with Crippen LogP contribution in [-0.2, 0) is 6.54 Å². The zero-order chi connectivity index (χ0) is 14.4. The second-order valence-electron chi connectivity index (χ2n) is 5.01. The van der Waals surface area contributed by atoms with Crippen molar-refractivity contribution in [2.75, 3.05) is 13.2 Å². The van der Waals surface area contributed by atoms with Gasteiger partial charge in [0, 0.05) is 5.56 Å². The van der Waals surface area contributed by atoms with Crippen LogP contribution in [0, 0.1) is 13.8 Å². The van der Waals surface area contributed by atoms with Gasteiger partial charge >= 0.3 is 0 Å². The van der Waals surface area contributed by atoms with Crippen molar-refractivity contribution in [3.8, 4) is 5.75 Å². The van der Waals surface area contributed by atoms with Crippen LogP contribution in [0.25, 0.3) is 0 Å². The van der Waals surface area contributed by atoms with Crippen LogP contribution in [0.5, 0.6) is 5.75 Å². The molecule has 3 heteroatoms. The molecule has 106 valence electrons. The molecule has 0 aliphatic carbocycles. The topological polar surface area (TPSA) is 25.8 Å². The molecule has 2 aromatic rings. The van der Waals surface area contributed by atoms with Crippen LogP contribution in [0.4, 0.5) is 0 Å². The van der Waals surface area contributed by atoms with Crippen LogP contribution in [0.3, 0.4) is 0 Å². The molecule has 2 nitrogen and oxygen atoms in total. The number of hydrogen-bond acceptors (Lipinski definition) is 1. The highest BCUT2D eigenvalue weighted by Crippen LogP contribution is 2.29. The number of aryl methyl sites for hydroxylation is 2. The molecule has 2 N–H and O–H groups in total. The quantitative estimate of drug-likeness (QED) is 0.806. The fourth-order valence-corrected chi connectivity index (χ4v) is 3.00. The maximum absolute atomic E-state index is 5.88. The van der Waals surface area contributed by atoms with Crippen molar-refractivity contribution >= 4 is 15.9 Å². The van der Waals surface area contributed by atoms with Crippen LogP contribution in [0.2, 0.25) is 0 Å². The van der Waals surface area contributed by atoms with Crippen molar-refractivity contribution in [2.24, 2.45) is 0 Å². The molecule has 0 amide bonds. The van der Waals surface area contributed by atoms with Gasteiger partial charge in [0.25, 0.3) is 0 Å². The van der Waals surface area contributed by atoms with E-state index in [1.807, 2.05) is 6.07 Å². The molecule has 0 aliphatic rings. The summed E-state index contributed by atoms with van der Waals surface area (Å²) in [5.41, 5.74) is 3.78. The van der Waals surface area contributed by atoms with Crippen LogP contribution in [-0.4, -0.2) is 13.2 Å². The molecular formula is C17H21BrNO+. The highest BCUT2D eigenvalue weighted by molar-refractivity contribution is 9.10. The molecule has 20 heavy (non-hydrogen) atoms. The van der Waals surface area contributed by atoms with E-state index in [0.717, 1.165) is 29.9 Å². The molecule has 0 aliphatic heterocycles. The third-order valence-corrected chi connectivity index (χ3v) is 3.75. The molecule has 0 atom stereocenters. The van der Waals surface area contributed by atoms with E-state index in [2.05, 4.69) is 71.5 Å². The number of hydrogen-bond donors (Lipinski definition) is 1. The van der Waals surface area contributed by atoms with Gasteiger partial charge in [-0.25, -0.2) is 0 Å². The molecule has 2 aromatic carbocycles. The summed E-state index contributed by atoms with van der Waals surface area (Å²) in [6.45, 7) is 6.85. The minimum Gasteiger partial charge on any atom is -0.486 e. The minimum atomic E-state index is 0.718. The Morgan fingerprint density at radius 2 is 1.85 bits per heavy atom. The second-order valence-corrected chi connectivity index (χ2v) is 5.86. The summed E-state index contributed by atoms with van der Waals surface area (Å²) in [4.78, 5) is 0. The van der Waals surface area contributed by atoms with E-state index in [1.54, 1.807) is 0 Å². The summed E-state index contributed by atoms with van der Waals surface area (Å²) in [6.07, 6.45) is 0. The van der Waals surface area contributed by atoms with Crippen molar-refractivity contribution < 1.29 is 10.1 Å². The van der Waals surface area contributed by atoms with Gasteiger partial charge in [-0.05, 0) is 47.0 Å². The number of ether oxygens (including phenoxy) is 1. The molecular weight excluding hydrogens is 314 g/mol. The number of halogens is 1. The van der Waals surface area contributed by atoms with Gasteiger partial charge in [-0.1, -0.05) is 36.4 Å². The van der Waals surface area contributed by atoms with Gasteiger partial charge in [0.15, 0.2) is 0 Å². The van der Waals surface area contributed by atoms with Crippen LogP contribution in [0.15, 0.2) is 46.9 Å². The Hall–Kier alpha value is -1.32. The Kier molecular flexibility index (Phi) is 5.62. The molecule has 2 rings (SSSR count). The van der Waals surface area contributed by atoms with E-state index >= 15 is 0 Å². The first-order valence-corrected chi connectivity index (χ1v) is 7.71. The molecule has 0 fully saturated rings. The highest BCUT2D eigenvalue weighted by Gasteiger charge is 2.06. The lowest BCUT2D eigenvalue weighted by Crippen LogP contribution is -2.83. The Morgan fingerprint density at radius 3 is 2.55 bits per heavy atom. The predicted octanol–water partition coefficient (Wildman–Crippen LogP) is 3.21. The Bertz CT molecular complexity index is 531. The van der Waals surface area contributed by atoms with Crippen molar-refractivity contribution in [3.63, 3.8) is 0 Å². The van der Waals surface area contributed by atoms with E-state index in [-0.39, 0.29) is 0 Å². The van der Waals surface area contributed by atoms with E-state index < -0.39 is 0 Å². The first-order valence-electron chi connectivity index (χ1n) is 6.92. The van der Waals surface area contributed by atoms with E-state index in [0.29, 0.717) is 0 Å². The fraction of sp³-hybridized carbons (Fsp3) is 0.294. The predicted molar refractivity (Wildman–Crippen MR) is 86.0 cm³/mol. The molecule has 0 heterocycles. The highest BCUT2D eigenvalue weighted by atomic mass is 79.9. The number of quaternary nitrogens is 1. The third kappa shape index (κ3) is 4.36. The van der Waals surface area contributed by atoms with Crippen molar-refractivity contribution in [3.05, 3.63) is 63.6 Å². The van der Waals surface area contributed by atoms with Gasteiger partial charge in [-0.3, -0.25) is 0 Å². The van der Waals surface area contributed by atoms with Crippen molar-refractivity contribution in [1.82, 2.24) is 0 Å². The Morgan fingerprint density at radius 1 is 1.10 bits per heavy atom. The van der Waals surface area contributed by atoms with E-state index in [1.165, 1.54) is 16.7 Å². The molecule has 0 unspecified atom stereocenters. The second kappa shape index (κ2) is 7.46. The summed E-state index contributed by atoms with van der Waals surface area (Å²) in [5.74, 6) is 0.962. The summed E-state index contributed by atoms with van der Waals surface area (Å²) in [6, 6.07) is 14.7. The van der Waals surface area contributed by atoms with Gasteiger partial charge in [0.1, 0.15) is 25.4 Å². The van der Waals surface area contributed by atoms with Gasteiger partial charge in [-0.2, -0.15) is 0 Å². The molecule has 0 bridgehead atoms. The van der Waals surface area contributed by atoms with Crippen LogP contribution >= 0.6 is 15.9 Å². The molecule has 0 saturated carbocycles. The SMILES string of the molecule is Cc1cc(C)c(OCC[NH2+]Cc2ccccc2)c(Br)c1. The first kappa shape index (κ1) is 15.1.